The fraction of sp³-hybridized carbons (Fsp3) is 0.391. The van der Waals surface area contributed by atoms with Gasteiger partial charge in [-0.25, -0.2) is 8.78 Å². The molecular formula is C23H22ClF2N3O2. The largest absolute Gasteiger partial charge is 0.472 e. The van der Waals surface area contributed by atoms with E-state index in [-0.39, 0.29) is 41.2 Å². The van der Waals surface area contributed by atoms with Gasteiger partial charge in [0.1, 0.15) is 24.9 Å². The van der Waals surface area contributed by atoms with Crippen molar-refractivity contribution in [2.45, 2.75) is 37.6 Å². The molecule has 0 radical (unpaired) electrons. The average molecular weight is 446 g/mol. The molecule has 2 atom stereocenters. The number of hydrogen-bond acceptors (Lipinski definition) is 5. The fourth-order valence-corrected chi connectivity index (χ4v) is 4.86. The fourth-order valence-electron chi connectivity index (χ4n) is 4.66. The second-order valence-corrected chi connectivity index (χ2v) is 8.67. The Morgan fingerprint density at radius 1 is 1.16 bits per heavy atom. The average Bonchev–Trinajstić information content (AvgIpc) is 3.27. The first-order chi connectivity index (χ1) is 15.0. The Balaban J connectivity index is 1.44. The molecule has 0 amide bonds. The van der Waals surface area contributed by atoms with Gasteiger partial charge < -0.3 is 9.47 Å². The van der Waals surface area contributed by atoms with Gasteiger partial charge in [-0.1, -0.05) is 41.9 Å². The number of nitrogens with zero attached hydrogens (tertiary/aromatic N) is 3. The van der Waals surface area contributed by atoms with Crippen LogP contribution in [-0.4, -0.2) is 46.3 Å². The molecular weight excluding hydrogens is 424 g/mol. The first-order valence-corrected chi connectivity index (χ1v) is 10.8. The number of aromatic nitrogens is 2. The highest BCUT2D eigenvalue weighted by molar-refractivity contribution is 6.31. The van der Waals surface area contributed by atoms with Crippen molar-refractivity contribution in [2.24, 2.45) is 0 Å². The van der Waals surface area contributed by atoms with Gasteiger partial charge in [-0.05, 0) is 37.1 Å². The zero-order valence-corrected chi connectivity index (χ0v) is 17.6. The topological polar surface area (TPSA) is 47.5 Å². The summed E-state index contributed by atoms with van der Waals surface area (Å²) in [6, 6.07) is 12.4. The van der Waals surface area contributed by atoms with E-state index in [9.17, 15) is 8.78 Å². The minimum atomic E-state index is -0.856. The van der Waals surface area contributed by atoms with Gasteiger partial charge in [-0.3, -0.25) is 4.90 Å². The van der Waals surface area contributed by atoms with Crippen LogP contribution in [0.1, 0.15) is 24.8 Å². The van der Waals surface area contributed by atoms with Crippen LogP contribution >= 0.6 is 11.6 Å². The minimum Gasteiger partial charge on any atom is -0.472 e. The molecule has 0 aliphatic carbocycles. The highest BCUT2D eigenvalue weighted by atomic mass is 35.5. The second-order valence-electron chi connectivity index (χ2n) is 8.23. The number of rotatable bonds is 6. The maximum absolute atomic E-state index is 14.6. The molecule has 31 heavy (non-hydrogen) atoms. The van der Waals surface area contributed by atoms with Crippen LogP contribution in [0.25, 0.3) is 10.9 Å². The summed E-state index contributed by atoms with van der Waals surface area (Å²) in [5.41, 5.74) is 0.675. The molecule has 3 aromatic rings. The van der Waals surface area contributed by atoms with Gasteiger partial charge in [-0.15, -0.1) is 0 Å². The normalized spacial score (nSPS) is 23.3. The lowest BCUT2D eigenvalue weighted by Crippen LogP contribution is -2.43. The summed E-state index contributed by atoms with van der Waals surface area (Å²) in [5, 5.41) is 0.603. The lowest BCUT2D eigenvalue weighted by molar-refractivity contribution is 0.106. The van der Waals surface area contributed by atoms with Gasteiger partial charge in [0, 0.05) is 18.0 Å². The number of halogens is 3. The molecule has 2 aromatic carbocycles. The summed E-state index contributed by atoms with van der Waals surface area (Å²) in [6.07, 6.45) is 1.45. The lowest BCUT2D eigenvalue weighted by atomic mass is 9.95. The van der Waals surface area contributed by atoms with Gasteiger partial charge in [0.05, 0.1) is 10.9 Å². The Labute approximate surface area is 184 Å². The number of fused-ring (bicyclic) bond motifs is 2. The molecule has 0 unspecified atom stereocenters. The smallest absolute Gasteiger partial charge is 0.320 e. The zero-order chi connectivity index (χ0) is 21.4. The molecule has 5 rings (SSSR count). The molecule has 2 aliphatic heterocycles. The molecule has 5 nitrogen and oxygen atoms in total. The van der Waals surface area contributed by atoms with Crippen LogP contribution in [0.5, 0.6) is 11.9 Å². The predicted octanol–water partition coefficient (Wildman–Crippen LogP) is 4.96. The first-order valence-electron chi connectivity index (χ1n) is 10.4. The summed E-state index contributed by atoms with van der Waals surface area (Å²) >= 11 is 6.05. The number of benzene rings is 2. The molecule has 2 aliphatic rings. The minimum absolute atomic E-state index is 0.0142. The molecule has 0 bridgehead atoms. The van der Waals surface area contributed by atoms with E-state index in [4.69, 9.17) is 21.1 Å². The third kappa shape index (κ3) is 4.04. The van der Waals surface area contributed by atoms with Crippen LogP contribution in [-0.2, 0) is 6.61 Å². The third-order valence-electron chi connectivity index (χ3n) is 6.11. The van der Waals surface area contributed by atoms with Crippen molar-refractivity contribution in [3.05, 3.63) is 58.9 Å². The van der Waals surface area contributed by atoms with Crippen molar-refractivity contribution in [1.29, 1.82) is 0 Å². The van der Waals surface area contributed by atoms with Crippen molar-refractivity contribution >= 4 is 22.5 Å². The Hall–Kier alpha value is -2.51. The maximum atomic E-state index is 14.6. The van der Waals surface area contributed by atoms with Gasteiger partial charge in [-0.2, -0.15) is 9.97 Å². The van der Waals surface area contributed by atoms with Crippen LogP contribution in [0.2, 0.25) is 5.02 Å². The summed E-state index contributed by atoms with van der Waals surface area (Å²) in [5.74, 6) is -0.384. The van der Waals surface area contributed by atoms with Gasteiger partial charge >= 0.3 is 6.01 Å². The van der Waals surface area contributed by atoms with Crippen LogP contribution in [0.3, 0.4) is 0 Å². The highest BCUT2D eigenvalue weighted by Gasteiger charge is 2.49. The standard InChI is InChI=1S/C23H22ClF2N3O2/c24-16-9-18-20(19(26)10-16)27-22(28-21(18)30-13-15-5-2-1-3-6-15)31-14-23-7-4-8-29(23)12-17(25)11-23/h1-3,5-6,9-10,17H,4,7-8,11-14H2/t17-,23+/m1/s1. The van der Waals surface area contributed by atoms with Crippen molar-refractivity contribution in [3.8, 4) is 11.9 Å². The van der Waals surface area contributed by atoms with E-state index in [2.05, 4.69) is 14.9 Å². The monoisotopic (exact) mass is 445 g/mol. The Morgan fingerprint density at radius 3 is 2.84 bits per heavy atom. The van der Waals surface area contributed by atoms with E-state index in [1.165, 1.54) is 6.07 Å². The molecule has 0 N–H and O–H groups in total. The van der Waals surface area contributed by atoms with Crippen molar-refractivity contribution < 1.29 is 18.3 Å². The predicted molar refractivity (Wildman–Crippen MR) is 114 cm³/mol. The van der Waals surface area contributed by atoms with Crippen molar-refractivity contribution in [1.82, 2.24) is 14.9 Å². The number of ether oxygens (including phenoxy) is 2. The molecule has 162 valence electrons. The van der Waals surface area contributed by atoms with E-state index >= 15 is 0 Å². The molecule has 2 saturated heterocycles. The van der Waals surface area contributed by atoms with E-state index in [1.54, 1.807) is 6.07 Å². The van der Waals surface area contributed by atoms with E-state index < -0.39 is 12.0 Å². The first kappa shape index (κ1) is 20.4. The zero-order valence-electron chi connectivity index (χ0n) is 16.9. The summed E-state index contributed by atoms with van der Waals surface area (Å²) in [4.78, 5) is 10.8. The molecule has 1 aromatic heterocycles. The molecule has 2 fully saturated rings. The molecule has 3 heterocycles. The SMILES string of the molecule is Fc1cc(Cl)cc2c(OCc3ccccc3)nc(OC[C@@]34CCCN3C[C@H](F)C4)nc12. The van der Waals surface area contributed by atoms with E-state index in [0.717, 1.165) is 24.9 Å². The van der Waals surface area contributed by atoms with Gasteiger partial charge in [0.25, 0.3) is 0 Å². The van der Waals surface area contributed by atoms with Crippen molar-refractivity contribution in [2.75, 3.05) is 19.7 Å². The molecule has 0 spiro atoms. The van der Waals surface area contributed by atoms with Gasteiger partial charge in [0.2, 0.25) is 5.88 Å². The highest BCUT2D eigenvalue weighted by Crippen LogP contribution is 2.40. The number of hydrogen-bond donors (Lipinski definition) is 0. The van der Waals surface area contributed by atoms with Crippen LogP contribution < -0.4 is 9.47 Å². The Morgan fingerprint density at radius 2 is 2.00 bits per heavy atom. The lowest BCUT2D eigenvalue weighted by Gasteiger charge is -2.30. The maximum Gasteiger partial charge on any atom is 0.320 e. The molecule has 8 heteroatoms. The van der Waals surface area contributed by atoms with E-state index in [0.29, 0.717) is 18.4 Å². The summed E-state index contributed by atoms with van der Waals surface area (Å²) in [7, 11) is 0. The number of alkyl halides is 1. The molecule has 0 saturated carbocycles. The van der Waals surface area contributed by atoms with Crippen LogP contribution in [0, 0.1) is 5.82 Å². The second kappa shape index (κ2) is 8.20. The van der Waals surface area contributed by atoms with Gasteiger partial charge in [0.15, 0.2) is 5.82 Å². The van der Waals surface area contributed by atoms with Crippen LogP contribution in [0.15, 0.2) is 42.5 Å². The summed E-state index contributed by atoms with van der Waals surface area (Å²) < 4.78 is 40.5. The quantitative estimate of drug-likeness (QED) is 0.537. The summed E-state index contributed by atoms with van der Waals surface area (Å²) in [6.45, 7) is 1.80. The Kier molecular flexibility index (Phi) is 5.40. The van der Waals surface area contributed by atoms with Crippen LogP contribution in [0.4, 0.5) is 8.78 Å². The Bertz CT molecular complexity index is 1100. The van der Waals surface area contributed by atoms with Crippen molar-refractivity contribution in [3.63, 3.8) is 0 Å². The third-order valence-corrected chi connectivity index (χ3v) is 6.33. The van der Waals surface area contributed by atoms with E-state index in [1.807, 2.05) is 30.3 Å².